The summed E-state index contributed by atoms with van der Waals surface area (Å²) in [7, 11) is 1.67. The van der Waals surface area contributed by atoms with E-state index in [1.807, 2.05) is 12.3 Å². The monoisotopic (exact) mass is 466 g/mol. The molecule has 1 aromatic carbocycles. The predicted molar refractivity (Wildman–Crippen MR) is 105 cm³/mol. The zero-order chi connectivity index (χ0) is 16.7. The van der Waals surface area contributed by atoms with Crippen LogP contribution < -0.4 is 10.6 Å². The summed E-state index contributed by atoms with van der Waals surface area (Å²) in [5, 5.41) is 9.36. The topological polar surface area (TPSA) is 49.3 Å². The molecule has 132 valence electrons. The molecular formula is C16H21F2IN4S. The van der Waals surface area contributed by atoms with Crippen molar-refractivity contribution in [2.75, 3.05) is 20.1 Å². The Labute approximate surface area is 161 Å². The number of hydrogen-bond donors (Lipinski definition) is 2. The number of halogens is 3. The highest BCUT2D eigenvalue weighted by Gasteiger charge is 2.05. The van der Waals surface area contributed by atoms with E-state index in [4.69, 9.17) is 0 Å². The first-order valence-electron chi connectivity index (χ1n) is 7.38. The number of benzene rings is 1. The number of hydrogen-bond acceptors (Lipinski definition) is 3. The summed E-state index contributed by atoms with van der Waals surface area (Å²) in [5.41, 5.74) is 1.41. The van der Waals surface area contributed by atoms with Gasteiger partial charge < -0.3 is 10.6 Å². The average molecular weight is 466 g/mol. The van der Waals surface area contributed by atoms with Crippen LogP contribution in [0.3, 0.4) is 0 Å². The SMILES string of the molecule is CN=C(NCCc1csc(C)n1)NCCc1cc(F)ccc1F.I. The molecule has 0 atom stereocenters. The van der Waals surface area contributed by atoms with E-state index in [1.165, 1.54) is 6.07 Å². The highest BCUT2D eigenvalue weighted by Crippen LogP contribution is 2.10. The van der Waals surface area contributed by atoms with E-state index >= 15 is 0 Å². The Morgan fingerprint density at radius 2 is 1.92 bits per heavy atom. The van der Waals surface area contributed by atoms with Crippen LogP contribution in [-0.4, -0.2) is 31.1 Å². The Kier molecular flexibility index (Phi) is 9.12. The number of guanidine groups is 1. The number of thiazole rings is 1. The molecule has 2 rings (SSSR count). The van der Waals surface area contributed by atoms with Gasteiger partial charge in [0.05, 0.1) is 10.7 Å². The first kappa shape index (κ1) is 20.8. The molecule has 1 heterocycles. The zero-order valence-corrected chi connectivity index (χ0v) is 16.8. The lowest BCUT2D eigenvalue weighted by molar-refractivity contribution is 0.583. The molecule has 0 aliphatic carbocycles. The van der Waals surface area contributed by atoms with E-state index in [1.54, 1.807) is 18.4 Å². The molecule has 0 saturated heterocycles. The molecule has 0 amide bonds. The Morgan fingerprint density at radius 1 is 1.21 bits per heavy atom. The fraction of sp³-hybridized carbons (Fsp3) is 0.375. The van der Waals surface area contributed by atoms with Crippen molar-refractivity contribution in [2.24, 2.45) is 4.99 Å². The molecule has 0 spiro atoms. The van der Waals surface area contributed by atoms with Gasteiger partial charge in [-0.1, -0.05) is 0 Å². The lowest BCUT2D eigenvalue weighted by Crippen LogP contribution is -2.39. The van der Waals surface area contributed by atoms with Crippen LogP contribution in [-0.2, 0) is 12.8 Å². The maximum atomic E-state index is 13.5. The van der Waals surface area contributed by atoms with E-state index in [9.17, 15) is 8.78 Å². The standard InChI is InChI=1S/C16H20F2N4S.HI/c1-11-22-14(10-23-11)6-8-21-16(19-2)20-7-5-12-9-13(17)3-4-15(12)18;/h3-4,9-10H,5-8H2,1-2H3,(H2,19,20,21);1H. The van der Waals surface area contributed by atoms with Gasteiger partial charge in [-0.25, -0.2) is 13.8 Å². The zero-order valence-electron chi connectivity index (χ0n) is 13.6. The highest BCUT2D eigenvalue weighted by atomic mass is 127. The third-order valence-corrected chi connectivity index (χ3v) is 4.08. The number of nitrogens with one attached hydrogen (secondary N) is 2. The van der Waals surface area contributed by atoms with E-state index < -0.39 is 11.6 Å². The molecule has 8 heteroatoms. The molecule has 0 fully saturated rings. The summed E-state index contributed by atoms with van der Waals surface area (Å²) in [6.45, 7) is 3.15. The van der Waals surface area contributed by atoms with E-state index in [-0.39, 0.29) is 24.0 Å². The van der Waals surface area contributed by atoms with Crippen molar-refractivity contribution < 1.29 is 8.78 Å². The second-order valence-corrected chi connectivity index (χ2v) is 6.08. The minimum Gasteiger partial charge on any atom is -0.356 e. The van der Waals surface area contributed by atoms with Gasteiger partial charge in [0.1, 0.15) is 11.6 Å². The van der Waals surface area contributed by atoms with Gasteiger partial charge in [-0.15, -0.1) is 35.3 Å². The third-order valence-electron chi connectivity index (χ3n) is 3.26. The fourth-order valence-corrected chi connectivity index (χ4v) is 2.75. The molecule has 2 aromatic rings. The van der Waals surface area contributed by atoms with Gasteiger partial charge in [0.15, 0.2) is 5.96 Å². The van der Waals surface area contributed by atoms with Crippen molar-refractivity contribution in [3.8, 4) is 0 Å². The molecule has 2 N–H and O–H groups in total. The number of rotatable bonds is 6. The van der Waals surface area contributed by atoms with Crippen molar-refractivity contribution >= 4 is 41.3 Å². The van der Waals surface area contributed by atoms with E-state index in [0.29, 0.717) is 31.0 Å². The first-order chi connectivity index (χ1) is 11.1. The summed E-state index contributed by atoms with van der Waals surface area (Å²) >= 11 is 1.63. The Morgan fingerprint density at radius 3 is 2.54 bits per heavy atom. The van der Waals surface area contributed by atoms with Crippen molar-refractivity contribution in [1.82, 2.24) is 15.6 Å². The Hall–Kier alpha value is -1.29. The van der Waals surface area contributed by atoms with Crippen LogP contribution in [0, 0.1) is 18.6 Å². The summed E-state index contributed by atoms with van der Waals surface area (Å²) in [5.74, 6) is -0.189. The lowest BCUT2D eigenvalue weighted by Gasteiger charge is -2.11. The summed E-state index contributed by atoms with van der Waals surface area (Å²) in [6.07, 6.45) is 1.19. The number of aliphatic imine (C=N–C) groups is 1. The summed E-state index contributed by atoms with van der Waals surface area (Å²) in [6, 6.07) is 3.48. The Bertz CT molecular complexity index is 676. The minimum atomic E-state index is -0.428. The van der Waals surface area contributed by atoms with Crippen LogP contribution in [0.1, 0.15) is 16.3 Å². The second kappa shape index (κ2) is 10.5. The number of nitrogens with zero attached hydrogens (tertiary/aromatic N) is 2. The van der Waals surface area contributed by atoms with Gasteiger partial charge in [0.2, 0.25) is 0 Å². The largest absolute Gasteiger partial charge is 0.356 e. The van der Waals surface area contributed by atoms with E-state index in [0.717, 1.165) is 29.3 Å². The molecule has 0 saturated carbocycles. The molecule has 0 aliphatic heterocycles. The average Bonchev–Trinajstić information content (AvgIpc) is 2.94. The fourth-order valence-electron chi connectivity index (χ4n) is 2.10. The third kappa shape index (κ3) is 6.68. The lowest BCUT2D eigenvalue weighted by atomic mass is 10.1. The highest BCUT2D eigenvalue weighted by molar-refractivity contribution is 14.0. The van der Waals surface area contributed by atoms with E-state index in [2.05, 4.69) is 20.6 Å². The Balaban J connectivity index is 0.00000288. The molecule has 0 bridgehead atoms. The number of aromatic nitrogens is 1. The van der Waals surface area contributed by atoms with Gasteiger partial charge >= 0.3 is 0 Å². The maximum Gasteiger partial charge on any atom is 0.190 e. The quantitative estimate of drug-likeness (QED) is 0.391. The molecule has 4 nitrogen and oxygen atoms in total. The van der Waals surface area contributed by atoms with Crippen LogP contribution in [0.5, 0.6) is 0 Å². The van der Waals surface area contributed by atoms with Crippen LogP contribution >= 0.6 is 35.3 Å². The van der Waals surface area contributed by atoms with Crippen LogP contribution in [0.25, 0.3) is 0 Å². The van der Waals surface area contributed by atoms with Crippen LogP contribution in [0.2, 0.25) is 0 Å². The summed E-state index contributed by atoms with van der Waals surface area (Å²) < 4.78 is 26.6. The molecular weight excluding hydrogens is 445 g/mol. The predicted octanol–water partition coefficient (Wildman–Crippen LogP) is 3.30. The molecule has 0 aliphatic rings. The summed E-state index contributed by atoms with van der Waals surface area (Å²) in [4.78, 5) is 8.50. The van der Waals surface area contributed by atoms with Crippen molar-refractivity contribution in [2.45, 2.75) is 19.8 Å². The van der Waals surface area contributed by atoms with Gasteiger partial charge in [0, 0.05) is 31.9 Å². The van der Waals surface area contributed by atoms with Crippen molar-refractivity contribution in [3.63, 3.8) is 0 Å². The normalized spacial score (nSPS) is 11.1. The number of aryl methyl sites for hydroxylation is 1. The molecule has 0 unspecified atom stereocenters. The minimum absolute atomic E-state index is 0. The first-order valence-corrected chi connectivity index (χ1v) is 8.26. The molecule has 1 aromatic heterocycles. The van der Waals surface area contributed by atoms with Crippen LogP contribution in [0.15, 0.2) is 28.6 Å². The van der Waals surface area contributed by atoms with Gasteiger partial charge in [-0.3, -0.25) is 4.99 Å². The van der Waals surface area contributed by atoms with Crippen molar-refractivity contribution in [3.05, 3.63) is 51.5 Å². The smallest absolute Gasteiger partial charge is 0.190 e. The molecule has 0 radical (unpaired) electrons. The maximum absolute atomic E-state index is 13.5. The van der Waals surface area contributed by atoms with Gasteiger partial charge in [-0.05, 0) is 37.1 Å². The molecule has 24 heavy (non-hydrogen) atoms. The van der Waals surface area contributed by atoms with Gasteiger partial charge in [0.25, 0.3) is 0 Å². The van der Waals surface area contributed by atoms with Gasteiger partial charge in [-0.2, -0.15) is 0 Å². The second-order valence-electron chi connectivity index (χ2n) is 5.02. The van der Waals surface area contributed by atoms with Crippen molar-refractivity contribution in [1.29, 1.82) is 0 Å². The van der Waals surface area contributed by atoms with Crippen LogP contribution in [0.4, 0.5) is 8.78 Å².